The molecule has 0 amide bonds. The van der Waals surface area contributed by atoms with Crippen LogP contribution in [0.15, 0.2) is 47.1 Å². The fraction of sp³-hybridized carbons (Fsp3) is 0.350. The lowest BCUT2D eigenvalue weighted by Crippen LogP contribution is -2.27. The molecule has 1 aliphatic rings. The summed E-state index contributed by atoms with van der Waals surface area (Å²) in [5.74, 6) is -2.12. The number of benzene rings is 1. The van der Waals surface area contributed by atoms with Gasteiger partial charge in [-0.25, -0.2) is 4.79 Å². The number of hydrogen-bond acceptors (Lipinski definition) is 7. The summed E-state index contributed by atoms with van der Waals surface area (Å²) >= 11 is 0. The molecule has 0 bridgehead atoms. The lowest BCUT2D eigenvalue weighted by atomic mass is 9.82. The zero-order valence-corrected chi connectivity index (χ0v) is 15.6. The molecule has 0 fully saturated rings. The maximum absolute atomic E-state index is 12.7. The molecule has 1 aromatic rings. The van der Waals surface area contributed by atoms with Crippen molar-refractivity contribution in [2.24, 2.45) is 5.73 Å². The molecule has 1 unspecified atom stereocenters. The summed E-state index contributed by atoms with van der Waals surface area (Å²) in [6.07, 6.45) is -0.288. The number of nitrogens with zero attached hydrogens (tertiary/aromatic N) is 1. The van der Waals surface area contributed by atoms with Gasteiger partial charge in [-0.1, -0.05) is 29.8 Å². The van der Waals surface area contributed by atoms with Crippen LogP contribution in [0.5, 0.6) is 0 Å². The number of aryl methyl sites for hydroxylation is 1. The van der Waals surface area contributed by atoms with E-state index in [4.69, 9.17) is 19.9 Å². The summed E-state index contributed by atoms with van der Waals surface area (Å²) in [6, 6.07) is 9.35. The summed E-state index contributed by atoms with van der Waals surface area (Å²) in [6.45, 7) is 5.60. The molecule has 1 aliphatic heterocycles. The van der Waals surface area contributed by atoms with E-state index in [2.05, 4.69) is 0 Å². The molecule has 1 heterocycles. The zero-order chi connectivity index (χ0) is 20.0. The van der Waals surface area contributed by atoms with Crippen LogP contribution in [0.4, 0.5) is 0 Å². The first-order chi connectivity index (χ1) is 12.9. The second-order valence-corrected chi connectivity index (χ2v) is 5.87. The molecular formula is C20H22N2O5. The van der Waals surface area contributed by atoms with E-state index in [1.165, 1.54) is 0 Å². The fourth-order valence-electron chi connectivity index (χ4n) is 2.82. The third kappa shape index (κ3) is 4.47. The molecule has 0 aromatic heterocycles. The molecule has 142 valence electrons. The molecule has 0 saturated carbocycles. The van der Waals surface area contributed by atoms with E-state index >= 15 is 0 Å². The Balaban J connectivity index is 2.62. The first kappa shape index (κ1) is 20.0. The van der Waals surface area contributed by atoms with Crippen molar-refractivity contribution < 1.29 is 23.8 Å². The highest BCUT2D eigenvalue weighted by Crippen LogP contribution is 2.40. The van der Waals surface area contributed by atoms with Gasteiger partial charge in [-0.3, -0.25) is 4.79 Å². The largest absolute Gasteiger partial charge is 0.466 e. The van der Waals surface area contributed by atoms with Crippen molar-refractivity contribution in [2.75, 3.05) is 13.2 Å². The van der Waals surface area contributed by atoms with Crippen molar-refractivity contribution in [2.45, 2.75) is 33.1 Å². The minimum Gasteiger partial charge on any atom is -0.466 e. The molecule has 27 heavy (non-hydrogen) atoms. The predicted octanol–water partition coefficient (Wildman–Crippen LogP) is 2.57. The van der Waals surface area contributed by atoms with Crippen LogP contribution in [0.3, 0.4) is 0 Å². The van der Waals surface area contributed by atoms with Crippen molar-refractivity contribution >= 4 is 11.9 Å². The summed E-state index contributed by atoms with van der Waals surface area (Å²) in [5, 5.41) is 9.60. The van der Waals surface area contributed by atoms with Crippen molar-refractivity contribution in [1.29, 1.82) is 5.26 Å². The van der Waals surface area contributed by atoms with E-state index < -0.39 is 17.9 Å². The van der Waals surface area contributed by atoms with E-state index in [0.29, 0.717) is 5.56 Å². The molecule has 7 heteroatoms. The lowest BCUT2D eigenvalue weighted by molar-refractivity contribution is -0.143. The Morgan fingerprint density at radius 3 is 2.37 bits per heavy atom. The zero-order valence-electron chi connectivity index (χ0n) is 15.6. The fourth-order valence-corrected chi connectivity index (χ4v) is 2.82. The molecule has 2 rings (SSSR count). The van der Waals surface area contributed by atoms with Crippen LogP contribution in [0, 0.1) is 18.3 Å². The van der Waals surface area contributed by atoms with E-state index in [1.807, 2.05) is 25.1 Å². The van der Waals surface area contributed by atoms with E-state index in [1.54, 1.807) is 26.0 Å². The number of nitriles is 1. The highest BCUT2D eigenvalue weighted by Gasteiger charge is 2.38. The number of esters is 2. The Labute approximate surface area is 158 Å². The van der Waals surface area contributed by atoms with Gasteiger partial charge in [0.1, 0.15) is 23.8 Å². The minimum absolute atomic E-state index is 0.0361. The van der Waals surface area contributed by atoms with Crippen LogP contribution in [-0.4, -0.2) is 25.2 Å². The summed E-state index contributed by atoms with van der Waals surface area (Å²) < 4.78 is 15.6. The maximum atomic E-state index is 12.7. The second-order valence-electron chi connectivity index (χ2n) is 5.87. The van der Waals surface area contributed by atoms with E-state index in [0.717, 1.165) is 5.56 Å². The van der Waals surface area contributed by atoms with Crippen LogP contribution in [-0.2, 0) is 23.8 Å². The average Bonchev–Trinajstić information content (AvgIpc) is 2.62. The topological polar surface area (TPSA) is 112 Å². The Hall–Kier alpha value is -3.27. The van der Waals surface area contributed by atoms with Gasteiger partial charge in [0.05, 0.1) is 24.7 Å². The monoisotopic (exact) mass is 370 g/mol. The molecule has 1 aromatic carbocycles. The molecule has 0 saturated heterocycles. The molecule has 0 aliphatic carbocycles. The maximum Gasteiger partial charge on any atom is 0.338 e. The van der Waals surface area contributed by atoms with Crippen molar-refractivity contribution in [3.05, 3.63) is 58.2 Å². The van der Waals surface area contributed by atoms with Crippen LogP contribution in [0.25, 0.3) is 0 Å². The number of allylic oxidation sites excluding steroid dienone is 1. The summed E-state index contributed by atoms with van der Waals surface area (Å²) in [4.78, 5) is 24.7. The number of ether oxygens (including phenoxy) is 3. The normalized spacial score (nSPS) is 16.4. The third-order valence-corrected chi connectivity index (χ3v) is 4.01. The van der Waals surface area contributed by atoms with Gasteiger partial charge in [0.25, 0.3) is 0 Å². The quantitative estimate of drug-likeness (QED) is 0.766. The van der Waals surface area contributed by atoms with Gasteiger partial charge in [-0.15, -0.1) is 0 Å². The predicted molar refractivity (Wildman–Crippen MR) is 96.7 cm³/mol. The molecule has 7 nitrogen and oxygen atoms in total. The second kappa shape index (κ2) is 8.90. The van der Waals surface area contributed by atoms with Crippen molar-refractivity contribution in [3.8, 4) is 6.07 Å². The van der Waals surface area contributed by atoms with Gasteiger partial charge < -0.3 is 19.9 Å². The minimum atomic E-state index is -0.784. The van der Waals surface area contributed by atoms with Gasteiger partial charge in [0.15, 0.2) is 0 Å². The number of carbonyl (C=O) groups excluding carboxylic acids is 2. The Kier molecular flexibility index (Phi) is 6.61. The highest BCUT2D eigenvalue weighted by molar-refractivity contribution is 5.93. The van der Waals surface area contributed by atoms with Gasteiger partial charge in [0.2, 0.25) is 5.88 Å². The van der Waals surface area contributed by atoms with Gasteiger partial charge in [-0.05, 0) is 26.3 Å². The first-order valence-corrected chi connectivity index (χ1v) is 8.62. The first-order valence-electron chi connectivity index (χ1n) is 8.62. The van der Waals surface area contributed by atoms with Gasteiger partial charge in [-0.2, -0.15) is 5.26 Å². The molecule has 1 atom stereocenters. The molecule has 2 N–H and O–H groups in total. The Bertz CT molecular complexity index is 831. The van der Waals surface area contributed by atoms with Gasteiger partial charge in [0, 0.05) is 0 Å². The standard InChI is InChI=1S/C20H22N2O5/c1-4-25-16(23)10-15-18(20(24)26-5-2)17(14(11-21)19(22)27-15)13-8-6-12(3)7-9-13/h6-9,17H,4-5,10,22H2,1-3H3. The van der Waals surface area contributed by atoms with Crippen LogP contribution >= 0.6 is 0 Å². The number of rotatable bonds is 6. The number of hydrogen-bond donors (Lipinski definition) is 1. The van der Waals surface area contributed by atoms with Crippen molar-refractivity contribution in [1.82, 2.24) is 0 Å². The lowest BCUT2D eigenvalue weighted by Gasteiger charge is -2.28. The summed E-state index contributed by atoms with van der Waals surface area (Å²) in [7, 11) is 0. The third-order valence-electron chi connectivity index (χ3n) is 4.01. The van der Waals surface area contributed by atoms with E-state index in [9.17, 15) is 14.9 Å². The van der Waals surface area contributed by atoms with Crippen LogP contribution in [0.2, 0.25) is 0 Å². The molecule has 0 spiro atoms. The van der Waals surface area contributed by atoms with Gasteiger partial charge >= 0.3 is 11.9 Å². The highest BCUT2D eigenvalue weighted by atomic mass is 16.5. The van der Waals surface area contributed by atoms with Crippen molar-refractivity contribution in [3.63, 3.8) is 0 Å². The van der Waals surface area contributed by atoms with Crippen LogP contribution < -0.4 is 5.73 Å². The number of carbonyl (C=O) groups is 2. The number of nitrogens with two attached hydrogens (primary N) is 1. The average molecular weight is 370 g/mol. The SMILES string of the molecule is CCOC(=O)CC1=C(C(=O)OCC)C(c2ccc(C)cc2)C(C#N)=C(N)O1. The summed E-state index contributed by atoms with van der Waals surface area (Å²) in [5.41, 5.74) is 7.79. The smallest absolute Gasteiger partial charge is 0.338 e. The molecular weight excluding hydrogens is 348 g/mol. The Morgan fingerprint density at radius 2 is 1.81 bits per heavy atom. The van der Waals surface area contributed by atoms with E-state index in [-0.39, 0.29) is 42.4 Å². The Morgan fingerprint density at radius 1 is 1.19 bits per heavy atom. The molecule has 0 radical (unpaired) electrons. The van der Waals surface area contributed by atoms with Crippen LogP contribution in [0.1, 0.15) is 37.3 Å².